The lowest BCUT2D eigenvalue weighted by Gasteiger charge is -2.33. The molecule has 0 N–H and O–H groups in total. The van der Waals surface area contributed by atoms with Crippen LogP contribution in [0.2, 0.25) is 0 Å². The molecule has 3 rings (SSSR count). The molecular weight excluding hydrogens is 290 g/mol. The van der Waals surface area contributed by atoms with E-state index in [-0.39, 0.29) is 5.60 Å². The van der Waals surface area contributed by atoms with Crippen LogP contribution in [0.1, 0.15) is 70.5 Å². The first-order valence-corrected chi connectivity index (χ1v) is 9.24. The van der Waals surface area contributed by atoms with Crippen LogP contribution in [-0.2, 0) is 11.2 Å². The molecule has 0 amide bonds. The molecule has 1 aromatic rings. The van der Waals surface area contributed by atoms with Gasteiger partial charge in [-0.3, -0.25) is 0 Å². The average Bonchev–Trinajstić information content (AvgIpc) is 2.97. The number of rotatable bonds is 5. The van der Waals surface area contributed by atoms with Crippen molar-refractivity contribution in [1.29, 1.82) is 0 Å². The molecule has 1 atom stereocenters. The molecule has 2 saturated heterocycles. The van der Waals surface area contributed by atoms with Crippen molar-refractivity contribution in [3.05, 3.63) is 11.7 Å². The summed E-state index contributed by atoms with van der Waals surface area (Å²) < 4.78 is 11.4. The SMILES string of the molecule is CCCN1CCC(Cc2noc([C@@H]3CCOC(C)(C)C3)n2)CC1. The Balaban J connectivity index is 1.52. The molecule has 130 valence electrons. The van der Waals surface area contributed by atoms with Gasteiger partial charge in [-0.15, -0.1) is 0 Å². The number of likely N-dealkylation sites (tertiary alicyclic amines) is 1. The van der Waals surface area contributed by atoms with Crippen molar-refractivity contribution in [3.8, 4) is 0 Å². The van der Waals surface area contributed by atoms with Gasteiger partial charge in [-0.25, -0.2) is 0 Å². The first-order chi connectivity index (χ1) is 11.1. The second-order valence-corrected chi connectivity index (χ2v) is 7.84. The second kappa shape index (κ2) is 7.31. The number of hydrogen-bond acceptors (Lipinski definition) is 5. The summed E-state index contributed by atoms with van der Waals surface area (Å²) in [5.74, 6) is 2.78. The largest absolute Gasteiger partial charge is 0.376 e. The molecule has 3 heterocycles. The Morgan fingerprint density at radius 2 is 2.00 bits per heavy atom. The highest BCUT2D eigenvalue weighted by molar-refractivity contribution is 4.99. The van der Waals surface area contributed by atoms with Crippen LogP contribution in [0.4, 0.5) is 0 Å². The third kappa shape index (κ3) is 4.54. The van der Waals surface area contributed by atoms with E-state index in [1.165, 1.54) is 38.9 Å². The Morgan fingerprint density at radius 1 is 1.22 bits per heavy atom. The van der Waals surface area contributed by atoms with Gasteiger partial charge < -0.3 is 14.2 Å². The van der Waals surface area contributed by atoms with Gasteiger partial charge in [-0.2, -0.15) is 4.98 Å². The topological polar surface area (TPSA) is 51.4 Å². The van der Waals surface area contributed by atoms with Crippen molar-refractivity contribution < 1.29 is 9.26 Å². The standard InChI is InChI=1S/C18H31N3O2/c1-4-8-21-9-5-14(6-10-21)12-16-19-17(23-20-16)15-7-11-22-18(2,3)13-15/h14-15H,4-13H2,1-3H3/t15-/m1/s1. The molecule has 0 saturated carbocycles. The van der Waals surface area contributed by atoms with E-state index in [1.54, 1.807) is 0 Å². The van der Waals surface area contributed by atoms with Crippen molar-refractivity contribution in [1.82, 2.24) is 15.0 Å². The van der Waals surface area contributed by atoms with E-state index < -0.39 is 0 Å². The van der Waals surface area contributed by atoms with Crippen LogP contribution in [-0.4, -0.2) is 46.9 Å². The van der Waals surface area contributed by atoms with Gasteiger partial charge in [0.2, 0.25) is 5.89 Å². The van der Waals surface area contributed by atoms with E-state index in [0.717, 1.165) is 37.6 Å². The highest BCUT2D eigenvalue weighted by Gasteiger charge is 2.33. The minimum atomic E-state index is -0.0797. The molecule has 5 heteroatoms. The molecule has 0 aliphatic carbocycles. The fourth-order valence-corrected chi connectivity index (χ4v) is 3.95. The summed E-state index contributed by atoms with van der Waals surface area (Å²) >= 11 is 0. The predicted octanol–water partition coefficient (Wildman–Crippen LogP) is 3.41. The van der Waals surface area contributed by atoms with Crippen LogP contribution >= 0.6 is 0 Å². The summed E-state index contributed by atoms with van der Waals surface area (Å²) in [5, 5.41) is 4.25. The van der Waals surface area contributed by atoms with E-state index in [1.807, 2.05) is 0 Å². The Bertz CT molecular complexity index is 492. The van der Waals surface area contributed by atoms with Gasteiger partial charge >= 0.3 is 0 Å². The van der Waals surface area contributed by atoms with E-state index in [9.17, 15) is 0 Å². The summed E-state index contributed by atoms with van der Waals surface area (Å²) in [4.78, 5) is 7.27. The Labute approximate surface area is 139 Å². The van der Waals surface area contributed by atoms with E-state index in [2.05, 4.69) is 30.8 Å². The van der Waals surface area contributed by atoms with Gasteiger partial charge in [-0.05, 0) is 71.5 Å². The van der Waals surface area contributed by atoms with Crippen LogP contribution < -0.4 is 0 Å². The number of ether oxygens (including phenoxy) is 1. The van der Waals surface area contributed by atoms with Crippen molar-refractivity contribution >= 4 is 0 Å². The van der Waals surface area contributed by atoms with Gasteiger partial charge in [0.1, 0.15) is 0 Å². The van der Waals surface area contributed by atoms with Gasteiger partial charge in [0.25, 0.3) is 0 Å². The Kier molecular flexibility index (Phi) is 5.37. The maximum atomic E-state index is 5.78. The van der Waals surface area contributed by atoms with E-state index >= 15 is 0 Å². The van der Waals surface area contributed by atoms with E-state index in [0.29, 0.717) is 11.8 Å². The lowest BCUT2D eigenvalue weighted by molar-refractivity contribution is -0.0627. The summed E-state index contributed by atoms with van der Waals surface area (Å²) in [6, 6.07) is 0. The fourth-order valence-electron chi connectivity index (χ4n) is 3.95. The molecule has 23 heavy (non-hydrogen) atoms. The van der Waals surface area contributed by atoms with E-state index in [4.69, 9.17) is 14.2 Å². The lowest BCUT2D eigenvalue weighted by Crippen LogP contribution is -2.34. The molecule has 0 aromatic carbocycles. The Hall–Kier alpha value is -0.940. The van der Waals surface area contributed by atoms with Gasteiger partial charge in [0.15, 0.2) is 5.82 Å². The molecule has 0 radical (unpaired) electrons. The second-order valence-electron chi connectivity index (χ2n) is 7.84. The van der Waals surface area contributed by atoms with Crippen LogP contribution in [0.5, 0.6) is 0 Å². The van der Waals surface area contributed by atoms with Crippen LogP contribution in [0.15, 0.2) is 4.52 Å². The van der Waals surface area contributed by atoms with Gasteiger partial charge in [0.05, 0.1) is 5.60 Å². The zero-order valence-corrected chi connectivity index (χ0v) is 14.9. The third-order valence-electron chi connectivity index (χ3n) is 5.25. The number of hydrogen-bond donors (Lipinski definition) is 0. The summed E-state index contributed by atoms with van der Waals surface area (Å²) in [6.45, 7) is 11.0. The quantitative estimate of drug-likeness (QED) is 0.832. The van der Waals surface area contributed by atoms with Gasteiger partial charge in [0, 0.05) is 18.9 Å². The molecule has 2 aliphatic heterocycles. The summed E-state index contributed by atoms with van der Waals surface area (Å²) in [7, 11) is 0. The minimum Gasteiger partial charge on any atom is -0.376 e. The normalized spacial score (nSPS) is 26.5. The van der Waals surface area contributed by atoms with Crippen molar-refractivity contribution in [2.45, 2.75) is 70.8 Å². The smallest absolute Gasteiger partial charge is 0.229 e. The highest BCUT2D eigenvalue weighted by Crippen LogP contribution is 2.35. The van der Waals surface area contributed by atoms with Crippen LogP contribution in [0.3, 0.4) is 0 Å². The van der Waals surface area contributed by atoms with Crippen LogP contribution in [0.25, 0.3) is 0 Å². The number of aromatic nitrogens is 2. The van der Waals surface area contributed by atoms with Crippen molar-refractivity contribution in [3.63, 3.8) is 0 Å². The summed E-state index contributed by atoms with van der Waals surface area (Å²) in [6.07, 6.45) is 6.68. The molecule has 1 aromatic heterocycles. The average molecular weight is 321 g/mol. The van der Waals surface area contributed by atoms with Gasteiger partial charge in [-0.1, -0.05) is 12.1 Å². The third-order valence-corrected chi connectivity index (χ3v) is 5.25. The fraction of sp³-hybridized carbons (Fsp3) is 0.889. The molecule has 2 fully saturated rings. The molecule has 0 unspecified atom stereocenters. The molecule has 5 nitrogen and oxygen atoms in total. The maximum Gasteiger partial charge on any atom is 0.229 e. The Morgan fingerprint density at radius 3 is 2.70 bits per heavy atom. The first-order valence-electron chi connectivity index (χ1n) is 9.24. The number of piperidine rings is 1. The highest BCUT2D eigenvalue weighted by atomic mass is 16.5. The molecular formula is C18H31N3O2. The predicted molar refractivity (Wildman–Crippen MR) is 89.5 cm³/mol. The maximum absolute atomic E-state index is 5.78. The van der Waals surface area contributed by atoms with Crippen molar-refractivity contribution in [2.75, 3.05) is 26.2 Å². The first kappa shape index (κ1) is 16.9. The zero-order chi connectivity index (χ0) is 16.3. The monoisotopic (exact) mass is 321 g/mol. The minimum absolute atomic E-state index is 0.0797. The zero-order valence-electron chi connectivity index (χ0n) is 14.9. The van der Waals surface area contributed by atoms with Crippen molar-refractivity contribution in [2.24, 2.45) is 5.92 Å². The molecule has 2 aliphatic rings. The lowest BCUT2D eigenvalue weighted by atomic mass is 9.88. The summed E-state index contributed by atoms with van der Waals surface area (Å²) in [5.41, 5.74) is -0.0797. The molecule has 0 spiro atoms. The number of nitrogens with zero attached hydrogens (tertiary/aromatic N) is 3. The molecule has 0 bridgehead atoms. The van der Waals surface area contributed by atoms with Crippen LogP contribution in [0, 0.1) is 5.92 Å².